The number of hydrogen-bond donors (Lipinski definition) is 1. The number of hydrogen-bond acceptors (Lipinski definition) is 2. The Morgan fingerprint density at radius 3 is 2.46 bits per heavy atom. The van der Waals surface area contributed by atoms with Crippen LogP contribution in [0.4, 0.5) is 11.4 Å². The second kappa shape index (κ2) is 7.68. The van der Waals surface area contributed by atoms with E-state index in [1.165, 1.54) is 0 Å². The van der Waals surface area contributed by atoms with Crippen LogP contribution in [0.25, 0.3) is 0 Å². The van der Waals surface area contributed by atoms with Gasteiger partial charge in [0, 0.05) is 34.4 Å². The summed E-state index contributed by atoms with van der Waals surface area (Å²) in [4.78, 5) is 26.8. The van der Waals surface area contributed by atoms with E-state index in [9.17, 15) is 9.59 Å². The van der Waals surface area contributed by atoms with Crippen LogP contribution in [-0.4, -0.2) is 18.4 Å². The van der Waals surface area contributed by atoms with Gasteiger partial charge in [-0.2, -0.15) is 0 Å². The number of benzene rings is 2. The number of halogens is 2. The fraction of sp³-hybridized carbons (Fsp3) is 0.300. The van der Waals surface area contributed by atoms with Crippen molar-refractivity contribution in [3.05, 3.63) is 58.1 Å². The first-order valence-corrected chi connectivity index (χ1v) is 9.27. The fourth-order valence-corrected chi connectivity index (χ4v) is 3.73. The summed E-state index contributed by atoms with van der Waals surface area (Å²) in [5, 5.41) is 3.70. The standard InChI is InChI=1S/C20H20Cl2N2O2/c1-12(2)17-5-3-4-6-18(17)24-11-13(7-19(24)25)20(26)23-16-9-14(21)8-15(22)10-16/h3-6,8-10,12-13H,7,11H2,1-2H3,(H,23,26). The third kappa shape index (κ3) is 4.02. The first kappa shape index (κ1) is 18.7. The van der Waals surface area contributed by atoms with Gasteiger partial charge in [-0.15, -0.1) is 0 Å². The Morgan fingerprint density at radius 1 is 1.15 bits per heavy atom. The van der Waals surface area contributed by atoms with Gasteiger partial charge in [-0.1, -0.05) is 55.2 Å². The Hall–Kier alpha value is -2.04. The van der Waals surface area contributed by atoms with Crippen LogP contribution in [0.3, 0.4) is 0 Å². The summed E-state index contributed by atoms with van der Waals surface area (Å²) in [6.07, 6.45) is 0.187. The van der Waals surface area contributed by atoms with E-state index in [2.05, 4.69) is 19.2 Å². The Labute approximate surface area is 163 Å². The maximum Gasteiger partial charge on any atom is 0.229 e. The predicted molar refractivity (Wildman–Crippen MR) is 106 cm³/mol. The maximum atomic E-state index is 12.6. The quantitative estimate of drug-likeness (QED) is 0.788. The largest absolute Gasteiger partial charge is 0.326 e. The van der Waals surface area contributed by atoms with Gasteiger partial charge in [-0.3, -0.25) is 9.59 Å². The summed E-state index contributed by atoms with van der Waals surface area (Å²) in [5.41, 5.74) is 2.51. The summed E-state index contributed by atoms with van der Waals surface area (Å²) in [6, 6.07) is 12.7. The van der Waals surface area contributed by atoms with E-state index < -0.39 is 5.92 Å². The van der Waals surface area contributed by atoms with Crippen molar-refractivity contribution in [3.8, 4) is 0 Å². The molecule has 1 fully saturated rings. The van der Waals surface area contributed by atoms with Crippen molar-refractivity contribution in [1.29, 1.82) is 0 Å². The van der Waals surface area contributed by atoms with Crippen LogP contribution >= 0.6 is 23.2 Å². The highest BCUT2D eigenvalue weighted by atomic mass is 35.5. The van der Waals surface area contributed by atoms with Crippen LogP contribution in [0.1, 0.15) is 31.7 Å². The van der Waals surface area contributed by atoms with Crippen molar-refractivity contribution in [1.82, 2.24) is 0 Å². The van der Waals surface area contributed by atoms with Crippen molar-refractivity contribution in [2.24, 2.45) is 5.92 Å². The number of nitrogens with zero attached hydrogens (tertiary/aromatic N) is 1. The summed E-state index contributed by atoms with van der Waals surface area (Å²) < 4.78 is 0. The van der Waals surface area contributed by atoms with E-state index in [0.717, 1.165) is 11.3 Å². The lowest BCUT2D eigenvalue weighted by molar-refractivity contribution is -0.122. The molecule has 0 saturated carbocycles. The van der Waals surface area contributed by atoms with E-state index in [4.69, 9.17) is 23.2 Å². The molecule has 136 valence electrons. The SMILES string of the molecule is CC(C)c1ccccc1N1CC(C(=O)Nc2cc(Cl)cc(Cl)c2)CC1=O. The number of rotatable bonds is 4. The maximum absolute atomic E-state index is 12.6. The molecule has 6 heteroatoms. The topological polar surface area (TPSA) is 49.4 Å². The fourth-order valence-electron chi connectivity index (χ4n) is 3.21. The van der Waals surface area contributed by atoms with Gasteiger partial charge in [-0.05, 0) is 35.7 Å². The summed E-state index contributed by atoms with van der Waals surface area (Å²) in [7, 11) is 0. The Bertz CT molecular complexity index is 831. The lowest BCUT2D eigenvalue weighted by Crippen LogP contribution is -2.29. The lowest BCUT2D eigenvalue weighted by atomic mass is 10.0. The zero-order valence-corrected chi connectivity index (χ0v) is 16.1. The number of carbonyl (C=O) groups excluding carboxylic acids is 2. The molecule has 1 aliphatic heterocycles. The first-order chi connectivity index (χ1) is 12.3. The molecule has 0 aliphatic carbocycles. The highest BCUT2D eigenvalue weighted by Crippen LogP contribution is 2.32. The lowest BCUT2D eigenvalue weighted by Gasteiger charge is -2.22. The average Bonchev–Trinajstić information content (AvgIpc) is 2.95. The van der Waals surface area contributed by atoms with Crippen molar-refractivity contribution in [3.63, 3.8) is 0 Å². The molecule has 0 bridgehead atoms. The molecular formula is C20H20Cl2N2O2. The van der Waals surface area contributed by atoms with Crippen molar-refractivity contribution in [2.45, 2.75) is 26.2 Å². The molecule has 1 aliphatic rings. The van der Waals surface area contributed by atoms with Gasteiger partial charge in [-0.25, -0.2) is 0 Å². The number of nitrogens with one attached hydrogen (secondary N) is 1. The van der Waals surface area contributed by atoms with E-state index in [1.54, 1.807) is 23.1 Å². The molecule has 2 aromatic carbocycles. The van der Waals surface area contributed by atoms with Gasteiger partial charge < -0.3 is 10.2 Å². The molecule has 4 nitrogen and oxygen atoms in total. The third-order valence-electron chi connectivity index (χ3n) is 4.48. The monoisotopic (exact) mass is 390 g/mol. The van der Waals surface area contributed by atoms with Gasteiger partial charge in [0.1, 0.15) is 0 Å². The molecule has 0 spiro atoms. The third-order valence-corrected chi connectivity index (χ3v) is 4.91. The Balaban J connectivity index is 1.76. The summed E-state index contributed by atoms with van der Waals surface area (Å²) in [6.45, 7) is 4.54. The van der Waals surface area contributed by atoms with Crippen LogP contribution in [0, 0.1) is 5.92 Å². The highest BCUT2D eigenvalue weighted by Gasteiger charge is 2.36. The van der Waals surface area contributed by atoms with Gasteiger partial charge in [0.25, 0.3) is 0 Å². The molecule has 1 atom stereocenters. The predicted octanol–water partition coefficient (Wildman–Crippen LogP) is 5.11. The van der Waals surface area contributed by atoms with Crippen molar-refractivity contribution >= 4 is 46.4 Å². The molecule has 1 heterocycles. The molecule has 3 rings (SSSR count). The van der Waals surface area contributed by atoms with E-state index >= 15 is 0 Å². The minimum absolute atomic E-state index is 0.0395. The molecule has 1 N–H and O–H groups in total. The molecule has 26 heavy (non-hydrogen) atoms. The molecule has 1 saturated heterocycles. The van der Waals surface area contributed by atoms with E-state index in [1.807, 2.05) is 24.3 Å². The van der Waals surface area contributed by atoms with E-state index in [-0.39, 0.29) is 18.2 Å². The average molecular weight is 391 g/mol. The van der Waals surface area contributed by atoms with E-state index in [0.29, 0.717) is 28.2 Å². The van der Waals surface area contributed by atoms with Gasteiger partial charge >= 0.3 is 0 Å². The minimum Gasteiger partial charge on any atom is -0.326 e. The number of carbonyl (C=O) groups is 2. The summed E-state index contributed by atoms with van der Waals surface area (Å²) >= 11 is 11.9. The highest BCUT2D eigenvalue weighted by molar-refractivity contribution is 6.35. The van der Waals surface area contributed by atoms with Crippen LogP contribution < -0.4 is 10.2 Å². The van der Waals surface area contributed by atoms with Crippen molar-refractivity contribution < 1.29 is 9.59 Å². The number of amides is 2. The molecule has 2 aromatic rings. The first-order valence-electron chi connectivity index (χ1n) is 8.51. The van der Waals surface area contributed by atoms with Crippen LogP contribution in [0.2, 0.25) is 10.0 Å². The summed E-state index contributed by atoms with van der Waals surface area (Å²) in [5.74, 6) is -0.371. The van der Waals surface area contributed by atoms with Crippen molar-refractivity contribution in [2.75, 3.05) is 16.8 Å². The van der Waals surface area contributed by atoms with Gasteiger partial charge in [0.05, 0.1) is 5.92 Å². The Kier molecular flexibility index (Phi) is 5.54. The molecule has 1 unspecified atom stereocenters. The van der Waals surface area contributed by atoms with Gasteiger partial charge in [0.2, 0.25) is 11.8 Å². The molecular weight excluding hydrogens is 371 g/mol. The van der Waals surface area contributed by atoms with Crippen LogP contribution in [0.15, 0.2) is 42.5 Å². The van der Waals surface area contributed by atoms with Crippen LogP contribution in [0.5, 0.6) is 0 Å². The number of para-hydroxylation sites is 1. The molecule has 0 aromatic heterocycles. The smallest absolute Gasteiger partial charge is 0.229 e. The minimum atomic E-state index is -0.416. The van der Waals surface area contributed by atoms with Gasteiger partial charge in [0.15, 0.2) is 0 Å². The molecule has 2 amide bonds. The molecule has 0 radical (unpaired) electrons. The zero-order chi connectivity index (χ0) is 18.8. The second-order valence-corrected chi connectivity index (χ2v) is 7.64. The normalized spacial score (nSPS) is 17.0. The zero-order valence-electron chi connectivity index (χ0n) is 14.6. The number of anilines is 2. The second-order valence-electron chi connectivity index (χ2n) is 6.77. The van der Waals surface area contributed by atoms with Crippen LogP contribution in [-0.2, 0) is 9.59 Å². The Morgan fingerprint density at radius 2 is 1.81 bits per heavy atom.